The number of halogens is 4. The number of nitrogens with zero attached hydrogens (tertiary/aromatic N) is 3. The van der Waals surface area contributed by atoms with Gasteiger partial charge in [-0.25, -0.2) is 9.07 Å². The zero-order valence-electron chi connectivity index (χ0n) is 12.5. The molecule has 2 aromatic rings. The van der Waals surface area contributed by atoms with Gasteiger partial charge in [-0.1, -0.05) is 11.3 Å². The molecule has 2 rings (SSSR count). The summed E-state index contributed by atoms with van der Waals surface area (Å²) in [6, 6.07) is 3.79. The van der Waals surface area contributed by atoms with Crippen LogP contribution in [0.3, 0.4) is 0 Å². The zero-order valence-corrected chi connectivity index (χ0v) is 12.5. The number of hydrogen-bond donors (Lipinski definition) is 2. The average molecular weight is 346 g/mol. The van der Waals surface area contributed by atoms with Crippen molar-refractivity contribution < 1.29 is 27.5 Å². The summed E-state index contributed by atoms with van der Waals surface area (Å²) in [5.74, 6) is -1.83. The summed E-state index contributed by atoms with van der Waals surface area (Å²) in [4.78, 5) is 12.0. The highest BCUT2D eigenvalue weighted by atomic mass is 19.4. The summed E-state index contributed by atoms with van der Waals surface area (Å²) in [7, 11) is 0. The topological polar surface area (TPSA) is 80.0 Å². The van der Waals surface area contributed by atoms with Crippen LogP contribution in [0.15, 0.2) is 24.3 Å². The molecule has 130 valence electrons. The molecule has 2 N–H and O–H groups in total. The quantitative estimate of drug-likeness (QED) is 0.811. The molecule has 0 bridgehead atoms. The number of aliphatic hydroxyl groups excluding tert-OH is 1. The molecule has 1 aromatic carbocycles. The molecule has 1 unspecified atom stereocenters. The molecule has 0 fully saturated rings. The zero-order chi connectivity index (χ0) is 17.9. The highest BCUT2D eigenvalue weighted by molar-refractivity contribution is 5.93. The summed E-state index contributed by atoms with van der Waals surface area (Å²) >= 11 is 0. The van der Waals surface area contributed by atoms with Crippen molar-refractivity contribution in [3.05, 3.63) is 41.5 Å². The van der Waals surface area contributed by atoms with Gasteiger partial charge in [-0.3, -0.25) is 4.79 Å². The Morgan fingerprint density at radius 1 is 1.42 bits per heavy atom. The third kappa shape index (κ3) is 3.88. The Hall–Kier alpha value is -2.49. The van der Waals surface area contributed by atoms with E-state index in [1.165, 1.54) is 19.1 Å². The number of alkyl halides is 3. The van der Waals surface area contributed by atoms with Crippen LogP contribution < -0.4 is 5.32 Å². The number of rotatable bonds is 5. The molecule has 0 aliphatic heterocycles. The number of hydrogen-bond acceptors (Lipinski definition) is 4. The lowest BCUT2D eigenvalue weighted by Crippen LogP contribution is -2.34. The van der Waals surface area contributed by atoms with Gasteiger partial charge < -0.3 is 10.4 Å². The Morgan fingerprint density at radius 3 is 2.71 bits per heavy atom. The predicted octanol–water partition coefficient (Wildman–Crippen LogP) is 1.93. The molecule has 1 aromatic heterocycles. The van der Waals surface area contributed by atoms with Gasteiger partial charge in [0, 0.05) is 12.6 Å². The van der Waals surface area contributed by atoms with E-state index in [2.05, 4.69) is 15.6 Å². The first kappa shape index (κ1) is 17.9. The number of aromatic nitrogens is 3. The van der Waals surface area contributed by atoms with Gasteiger partial charge in [0.1, 0.15) is 5.82 Å². The van der Waals surface area contributed by atoms with E-state index in [0.717, 1.165) is 12.1 Å². The summed E-state index contributed by atoms with van der Waals surface area (Å²) in [6.07, 6.45) is -4.76. The minimum absolute atomic E-state index is 0.172. The van der Waals surface area contributed by atoms with Crippen molar-refractivity contribution >= 4 is 5.91 Å². The van der Waals surface area contributed by atoms with Crippen molar-refractivity contribution in [2.75, 3.05) is 6.61 Å². The van der Waals surface area contributed by atoms with Gasteiger partial charge in [0.2, 0.25) is 0 Å². The normalized spacial score (nSPS) is 12.9. The van der Waals surface area contributed by atoms with Crippen LogP contribution in [-0.2, 0) is 6.18 Å². The largest absolute Gasteiger partial charge is 0.435 e. The van der Waals surface area contributed by atoms with Crippen LogP contribution >= 0.6 is 0 Å². The minimum atomic E-state index is -4.93. The molecule has 0 spiro atoms. The molecule has 0 aliphatic carbocycles. The molecule has 24 heavy (non-hydrogen) atoms. The maximum Gasteiger partial charge on any atom is 0.435 e. The molecule has 1 heterocycles. The van der Waals surface area contributed by atoms with E-state index >= 15 is 0 Å². The summed E-state index contributed by atoms with van der Waals surface area (Å²) in [6.45, 7) is 1.29. The number of carbonyl (C=O) groups excluding carboxylic acids is 1. The minimum Gasteiger partial charge on any atom is -0.396 e. The Morgan fingerprint density at radius 2 is 2.12 bits per heavy atom. The molecule has 1 amide bonds. The van der Waals surface area contributed by atoms with Crippen molar-refractivity contribution in [1.82, 2.24) is 20.3 Å². The third-order valence-corrected chi connectivity index (χ3v) is 3.15. The number of benzene rings is 1. The smallest absolute Gasteiger partial charge is 0.396 e. The van der Waals surface area contributed by atoms with Crippen molar-refractivity contribution in [3.63, 3.8) is 0 Å². The number of amides is 1. The van der Waals surface area contributed by atoms with Gasteiger partial charge in [0.25, 0.3) is 5.91 Å². The van der Waals surface area contributed by atoms with Crippen LogP contribution in [0.5, 0.6) is 0 Å². The highest BCUT2D eigenvalue weighted by Crippen LogP contribution is 2.32. The Bertz CT molecular complexity index is 730. The van der Waals surface area contributed by atoms with E-state index in [0.29, 0.717) is 4.68 Å². The first-order valence-electron chi connectivity index (χ1n) is 6.94. The van der Waals surface area contributed by atoms with Gasteiger partial charge in [0.05, 0.1) is 5.69 Å². The summed E-state index contributed by atoms with van der Waals surface area (Å²) < 4.78 is 53.7. The van der Waals surface area contributed by atoms with Gasteiger partial charge in [0.15, 0.2) is 11.4 Å². The number of nitrogens with one attached hydrogen (secondary N) is 1. The number of aliphatic hydroxyl groups is 1. The molecule has 0 saturated carbocycles. The standard InChI is InChI=1S/C14H14F4N4O2/c1-8(5-6-23)19-13(24)11-12(14(16,17)18)22(21-20-11)10-4-2-3-9(15)7-10/h2-4,7-8,23H,5-6H2,1H3,(H,19,24). The van der Waals surface area contributed by atoms with Crippen LogP contribution in [0.25, 0.3) is 5.69 Å². The van der Waals surface area contributed by atoms with Crippen LogP contribution in [0.2, 0.25) is 0 Å². The van der Waals surface area contributed by atoms with Crippen molar-refractivity contribution in [1.29, 1.82) is 0 Å². The van der Waals surface area contributed by atoms with E-state index in [4.69, 9.17) is 5.11 Å². The molecule has 10 heteroatoms. The molecule has 6 nitrogen and oxygen atoms in total. The molecule has 0 aliphatic rings. The van der Waals surface area contributed by atoms with Crippen LogP contribution in [0, 0.1) is 5.82 Å². The maximum absolute atomic E-state index is 13.4. The second kappa shape index (κ2) is 6.95. The lowest BCUT2D eigenvalue weighted by Gasteiger charge is -2.14. The van der Waals surface area contributed by atoms with E-state index in [-0.39, 0.29) is 18.7 Å². The van der Waals surface area contributed by atoms with E-state index in [1.807, 2.05) is 0 Å². The monoisotopic (exact) mass is 346 g/mol. The van der Waals surface area contributed by atoms with Crippen LogP contribution in [0.4, 0.5) is 17.6 Å². The summed E-state index contributed by atoms with van der Waals surface area (Å²) in [5, 5.41) is 17.7. The molecular formula is C14H14F4N4O2. The fourth-order valence-electron chi connectivity index (χ4n) is 2.04. The van der Waals surface area contributed by atoms with Gasteiger partial charge in [-0.2, -0.15) is 13.2 Å². The number of carbonyl (C=O) groups is 1. The van der Waals surface area contributed by atoms with Crippen molar-refractivity contribution in [2.45, 2.75) is 25.6 Å². The highest BCUT2D eigenvalue weighted by Gasteiger charge is 2.42. The van der Waals surface area contributed by atoms with E-state index in [9.17, 15) is 22.4 Å². The molecule has 0 radical (unpaired) electrons. The fourth-order valence-corrected chi connectivity index (χ4v) is 2.04. The van der Waals surface area contributed by atoms with Gasteiger partial charge in [-0.05, 0) is 31.5 Å². The Balaban J connectivity index is 2.45. The lowest BCUT2D eigenvalue weighted by atomic mass is 10.2. The first-order chi connectivity index (χ1) is 11.2. The Kier molecular flexibility index (Phi) is 5.17. The van der Waals surface area contributed by atoms with Crippen LogP contribution in [-0.4, -0.2) is 38.7 Å². The van der Waals surface area contributed by atoms with E-state index in [1.54, 1.807) is 0 Å². The second-order valence-corrected chi connectivity index (χ2v) is 5.06. The van der Waals surface area contributed by atoms with Crippen molar-refractivity contribution in [2.24, 2.45) is 0 Å². The Labute approximate surface area is 134 Å². The molecule has 1 atom stereocenters. The van der Waals surface area contributed by atoms with E-state index < -0.39 is 35.3 Å². The average Bonchev–Trinajstić information content (AvgIpc) is 2.92. The molecular weight excluding hydrogens is 332 g/mol. The van der Waals surface area contributed by atoms with Crippen molar-refractivity contribution in [3.8, 4) is 5.69 Å². The third-order valence-electron chi connectivity index (χ3n) is 3.15. The summed E-state index contributed by atoms with van der Waals surface area (Å²) in [5.41, 5.74) is -2.53. The van der Waals surface area contributed by atoms with Gasteiger partial charge >= 0.3 is 6.18 Å². The SMILES string of the molecule is CC(CCO)NC(=O)c1nnn(-c2cccc(F)c2)c1C(F)(F)F. The second-order valence-electron chi connectivity index (χ2n) is 5.06. The van der Waals surface area contributed by atoms with Crippen LogP contribution in [0.1, 0.15) is 29.5 Å². The first-order valence-corrected chi connectivity index (χ1v) is 6.94. The lowest BCUT2D eigenvalue weighted by molar-refractivity contribution is -0.143. The maximum atomic E-state index is 13.4. The fraction of sp³-hybridized carbons (Fsp3) is 0.357. The van der Waals surface area contributed by atoms with Gasteiger partial charge in [-0.15, -0.1) is 5.10 Å². The molecule has 0 saturated heterocycles. The predicted molar refractivity (Wildman–Crippen MR) is 75.0 cm³/mol.